The highest BCUT2D eigenvalue weighted by Gasteiger charge is 2.42. The van der Waals surface area contributed by atoms with Crippen molar-refractivity contribution in [1.82, 2.24) is 15.3 Å². The number of nitrogens with zero attached hydrogens (tertiary/aromatic N) is 2. The van der Waals surface area contributed by atoms with E-state index in [-0.39, 0.29) is 0 Å². The lowest BCUT2D eigenvalue weighted by Gasteiger charge is -2.34. The minimum Gasteiger partial charge on any atom is -0.387 e. The van der Waals surface area contributed by atoms with E-state index in [9.17, 15) is 23.1 Å². The van der Waals surface area contributed by atoms with Crippen molar-refractivity contribution in [3.8, 4) is 11.3 Å². The second-order valence-electron chi connectivity index (χ2n) is 8.08. The zero-order valence-electron chi connectivity index (χ0n) is 17.4. The van der Waals surface area contributed by atoms with Crippen LogP contribution >= 0.6 is 11.6 Å². The van der Waals surface area contributed by atoms with E-state index in [1.54, 1.807) is 24.4 Å². The van der Waals surface area contributed by atoms with Gasteiger partial charge in [-0.15, -0.1) is 0 Å². The molecular formula is C24H21ClF3N3O2. The van der Waals surface area contributed by atoms with Gasteiger partial charge in [-0.05, 0) is 42.7 Å². The molecule has 33 heavy (non-hydrogen) atoms. The third kappa shape index (κ3) is 4.86. The van der Waals surface area contributed by atoms with Gasteiger partial charge in [-0.25, -0.2) is 4.98 Å². The van der Waals surface area contributed by atoms with Crippen LogP contribution in [0.3, 0.4) is 0 Å². The molecule has 0 unspecified atom stereocenters. The molecule has 1 fully saturated rings. The predicted octanol–water partition coefficient (Wildman–Crippen LogP) is 5.59. The molecule has 5 nitrogen and oxygen atoms in total. The largest absolute Gasteiger partial charge is 0.417 e. The Morgan fingerprint density at radius 2 is 1.82 bits per heavy atom. The second-order valence-corrected chi connectivity index (χ2v) is 8.45. The van der Waals surface area contributed by atoms with Gasteiger partial charge in [-0.3, -0.25) is 9.78 Å². The first kappa shape index (κ1) is 23.2. The van der Waals surface area contributed by atoms with Gasteiger partial charge < -0.3 is 10.4 Å². The van der Waals surface area contributed by atoms with E-state index in [1.165, 1.54) is 0 Å². The first-order valence-corrected chi connectivity index (χ1v) is 10.8. The molecule has 9 heteroatoms. The first-order chi connectivity index (χ1) is 15.7. The summed E-state index contributed by atoms with van der Waals surface area (Å²) in [5, 5.41) is 13.3. The molecule has 0 bridgehead atoms. The van der Waals surface area contributed by atoms with Crippen molar-refractivity contribution in [2.75, 3.05) is 0 Å². The average molecular weight is 476 g/mol. The van der Waals surface area contributed by atoms with E-state index in [1.807, 2.05) is 24.3 Å². The number of pyridine rings is 2. The zero-order valence-corrected chi connectivity index (χ0v) is 18.2. The fraction of sp³-hybridized carbons (Fsp3) is 0.292. The van der Waals surface area contributed by atoms with E-state index in [0.29, 0.717) is 24.1 Å². The Bertz CT molecular complexity index is 1150. The van der Waals surface area contributed by atoms with Crippen molar-refractivity contribution in [3.05, 3.63) is 82.8 Å². The van der Waals surface area contributed by atoms with Gasteiger partial charge in [-0.2, -0.15) is 13.2 Å². The monoisotopic (exact) mass is 475 g/mol. The SMILES string of the molecule is O=C(N[C@@H](c1cccc(-c2ccccn2)c1)C1(O)CCCC1)c1nccc(C(F)(F)F)c1Cl. The molecule has 0 spiro atoms. The van der Waals surface area contributed by atoms with Gasteiger partial charge in [0.1, 0.15) is 5.69 Å². The van der Waals surface area contributed by atoms with Crippen LogP contribution in [0.25, 0.3) is 11.3 Å². The highest BCUT2D eigenvalue weighted by atomic mass is 35.5. The van der Waals surface area contributed by atoms with Gasteiger partial charge >= 0.3 is 6.18 Å². The van der Waals surface area contributed by atoms with Gasteiger partial charge in [0, 0.05) is 18.0 Å². The maximum Gasteiger partial charge on any atom is 0.417 e. The number of hydrogen-bond acceptors (Lipinski definition) is 4. The van der Waals surface area contributed by atoms with Crippen LogP contribution in [0.4, 0.5) is 13.2 Å². The fourth-order valence-electron chi connectivity index (χ4n) is 4.24. The van der Waals surface area contributed by atoms with Crippen LogP contribution in [0.5, 0.6) is 0 Å². The van der Waals surface area contributed by atoms with Crippen LogP contribution in [0.1, 0.15) is 53.3 Å². The summed E-state index contributed by atoms with van der Waals surface area (Å²) in [5.41, 5.74) is -0.836. The summed E-state index contributed by atoms with van der Waals surface area (Å²) in [4.78, 5) is 21.1. The lowest BCUT2D eigenvalue weighted by atomic mass is 9.86. The Balaban J connectivity index is 1.71. The average Bonchev–Trinajstić information content (AvgIpc) is 3.24. The predicted molar refractivity (Wildman–Crippen MR) is 118 cm³/mol. The number of carbonyl (C=O) groups excluding carboxylic acids is 1. The van der Waals surface area contributed by atoms with Crippen LogP contribution in [0.15, 0.2) is 60.9 Å². The lowest BCUT2D eigenvalue weighted by molar-refractivity contribution is -0.137. The second kappa shape index (κ2) is 9.11. The fourth-order valence-corrected chi connectivity index (χ4v) is 4.54. The molecule has 0 aliphatic heterocycles. The van der Waals surface area contributed by atoms with E-state index >= 15 is 0 Å². The number of aromatic nitrogens is 2. The number of carbonyl (C=O) groups is 1. The Morgan fingerprint density at radius 1 is 1.06 bits per heavy atom. The summed E-state index contributed by atoms with van der Waals surface area (Å²) in [6.07, 6.45) is 0.245. The zero-order chi connectivity index (χ0) is 23.6. The molecule has 2 aromatic heterocycles. The Hall–Kier alpha value is -2.97. The summed E-state index contributed by atoms with van der Waals surface area (Å²) >= 11 is 5.90. The Morgan fingerprint density at radius 3 is 2.48 bits per heavy atom. The van der Waals surface area contributed by atoms with E-state index in [2.05, 4.69) is 15.3 Å². The number of nitrogens with one attached hydrogen (secondary N) is 1. The van der Waals surface area contributed by atoms with Crippen LogP contribution in [0.2, 0.25) is 5.02 Å². The van der Waals surface area contributed by atoms with Crippen LogP contribution < -0.4 is 5.32 Å². The number of aliphatic hydroxyl groups is 1. The van der Waals surface area contributed by atoms with Crippen molar-refractivity contribution < 1.29 is 23.1 Å². The molecule has 1 aliphatic carbocycles. The number of amides is 1. The van der Waals surface area contributed by atoms with Gasteiger partial charge in [0.15, 0.2) is 0 Å². The summed E-state index contributed by atoms with van der Waals surface area (Å²) in [6, 6.07) is 12.5. The van der Waals surface area contributed by atoms with Gasteiger partial charge in [0.25, 0.3) is 5.91 Å². The summed E-state index contributed by atoms with van der Waals surface area (Å²) in [6.45, 7) is 0. The quantitative estimate of drug-likeness (QED) is 0.504. The number of benzene rings is 1. The minimum absolute atomic E-state index is 0.440. The van der Waals surface area contributed by atoms with Crippen molar-refractivity contribution >= 4 is 17.5 Å². The van der Waals surface area contributed by atoms with Crippen molar-refractivity contribution in [2.24, 2.45) is 0 Å². The highest BCUT2D eigenvalue weighted by Crippen LogP contribution is 2.41. The molecule has 1 aliphatic rings. The maximum atomic E-state index is 13.2. The third-order valence-corrected chi connectivity index (χ3v) is 6.26. The molecule has 0 radical (unpaired) electrons. The molecular weight excluding hydrogens is 455 g/mol. The Kier molecular flexibility index (Phi) is 6.41. The molecule has 2 heterocycles. The smallest absolute Gasteiger partial charge is 0.387 e. The number of halogens is 4. The number of hydrogen-bond donors (Lipinski definition) is 2. The standard InChI is InChI=1S/C24H21ClF3N3O2/c25-19-17(24(26,27)28)9-13-30-20(19)22(32)31-21(23(33)10-2-3-11-23)16-7-5-6-15(14-16)18-8-1-4-12-29-18/h1,4-9,12-14,21,33H,2-3,10-11H2,(H,31,32)/t21-/m0/s1. The summed E-state index contributed by atoms with van der Waals surface area (Å²) in [7, 11) is 0. The Labute approximate surface area is 193 Å². The van der Waals surface area contributed by atoms with E-state index in [0.717, 1.165) is 30.7 Å². The minimum atomic E-state index is -4.73. The summed E-state index contributed by atoms with van der Waals surface area (Å²) < 4.78 is 39.7. The van der Waals surface area contributed by atoms with Crippen LogP contribution in [-0.4, -0.2) is 26.6 Å². The number of alkyl halides is 3. The molecule has 1 atom stereocenters. The van der Waals surface area contributed by atoms with Crippen molar-refractivity contribution in [3.63, 3.8) is 0 Å². The normalized spacial score (nSPS) is 16.4. The molecule has 172 valence electrons. The highest BCUT2D eigenvalue weighted by molar-refractivity contribution is 6.34. The molecule has 1 amide bonds. The van der Waals surface area contributed by atoms with Gasteiger partial charge in [0.05, 0.1) is 27.9 Å². The topological polar surface area (TPSA) is 75.1 Å². The van der Waals surface area contributed by atoms with E-state index < -0.39 is 40.0 Å². The molecule has 1 aromatic carbocycles. The third-order valence-electron chi connectivity index (χ3n) is 5.87. The van der Waals surface area contributed by atoms with Crippen LogP contribution in [0, 0.1) is 0 Å². The lowest BCUT2D eigenvalue weighted by Crippen LogP contribution is -2.44. The van der Waals surface area contributed by atoms with Crippen molar-refractivity contribution in [1.29, 1.82) is 0 Å². The van der Waals surface area contributed by atoms with Crippen molar-refractivity contribution in [2.45, 2.75) is 43.5 Å². The van der Waals surface area contributed by atoms with E-state index in [4.69, 9.17) is 11.6 Å². The van der Waals surface area contributed by atoms with Gasteiger partial charge in [0.2, 0.25) is 0 Å². The summed E-state index contributed by atoms with van der Waals surface area (Å²) in [5.74, 6) is -0.889. The molecule has 3 aromatic rings. The maximum absolute atomic E-state index is 13.2. The molecule has 2 N–H and O–H groups in total. The molecule has 1 saturated carbocycles. The molecule has 4 rings (SSSR count). The number of rotatable bonds is 5. The van der Waals surface area contributed by atoms with Gasteiger partial charge in [-0.1, -0.05) is 48.7 Å². The first-order valence-electron chi connectivity index (χ1n) is 10.5. The van der Waals surface area contributed by atoms with Crippen LogP contribution in [-0.2, 0) is 6.18 Å². The molecule has 0 saturated heterocycles.